The summed E-state index contributed by atoms with van der Waals surface area (Å²) in [5.41, 5.74) is 0.969. The van der Waals surface area contributed by atoms with E-state index in [9.17, 15) is 9.18 Å². The molecule has 1 unspecified atom stereocenters. The van der Waals surface area contributed by atoms with Gasteiger partial charge in [-0.15, -0.1) is 0 Å². The van der Waals surface area contributed by atoms with E-state index in [1.54, 1.807) is 13.0 Å². The highest BCUT2D eigenvalue weighted by atomic mass is 19.1. The molecule has 1 heterocycles. The maximum Gasteiger partial charge on any atom is 0.310 e. The van der Waals surface area contributed by atoms with Crippen molar-refractivity contribution in [2.75, 3.05) is 13.1 Å². The Kier molecular flexibility index (Phi) is 3.39. The van der Waals surface area contributed by atoms with E-state index in [0.717, 1.165) is 5.56 Å². The predicted octanol–water partition coefficient (Wildman–Crippen LogP) is 2.43. The van der Waals surface area contributed by atoms with E-state index in [2.05, 4.69) is 0 Å². The Hall–Kier alpha value is -1.42. The van der Waals surface area contributed by atoms with Crippen molar-refractivity contribution in [1.29, 1.82) is 0 Å². The third kappa shape index (κ3) is 2.53. The molecular weight excluding hydrogens is 233 g/mol. The molecule has 0 spiro atoms. The molecule has 0 radical (unpaired) electrons. The molecule has 0 saturated carbocycles. The van der Waals surface area contributed by atoms with Gasteiger partial charge in [-0.2, -0.15) is 0 Å². The van der Waals surface area contributed by atoms with Crippen molar-refractivity contribution in [3.8, 4) is 0 Å². The first kappa shape index (κ1) is 13.0. The minimum Gasteiger partial charge on any atom is -0.481 e. The lowest BCUT2D eigenvalue weighted by Gasteiger charge is -2.20. The molecule has 1 atom stereocenters. The van der Waals surface area contributed by atoms with Crippen LogP contribution < -0.4 is 0 Å². The van der Waals surface area contributed by atoms with Crippen LogP contribution in [0.15, 0.2) is 18.2 Å². The lowest BCUT2D eigenvalue weighted by Crippen LogP contribution is -2.31. The normalized spacial score (nSPS) is 24.4. The fourth-order valence-corrected chi connectivity index (χ4v) is 2.43. The van der Waals surface area contributed by atoms with Crippen LogP contribution in [0.1, 0.15) is 24.5 Å². The Morgan fingerprint density at radius 2 is 2.28 bits per heavy atom. The highest BCUT2D eigenvalue weighted by Crippen LogP contribution is 2.31. The molecule has 18 heavy (non-hydrogen) atoms. The van der Waals surface area contributed by atoms with Gasteiger partial charge >= 0.3 is 5.97 Å². The summed E-state index contributed by atoms with van der Waals surface area (Å²) >= 11 is 0. The van der Waals surface area contributed by atoms with Gasteiger partial charge in [0.2, 0.25) is 0 Å². The summed E-state index contributed by atoms with van der Waals surface area (Å²) in [4.78, 5) is 13.1. The molecule has 0 aromatic heterocycles. The van der Waals surface area contributed by atoms with Gasteiger partial charge in [0.25, 0.3) is 0 Å². The van der Waals surface area contributed by atoms with Gasteiger partial charge in [-0.25, -0.2) is 4.39 Å². The molecular formula is C14H18FNO2. The zero-order valence-electron chi connectivity index (χ0n) is 10.7. The summed E-state index contributed by atoms with van der Waals surface area (Å²) in [7, 11) is 0. The number of hydrogen-bond donors (Lipinski definition) is 1. The van der Waals surface area contributed by atoms with E-state index < -0.39 is 11.4 Å². The predicted molar refractivity (Wildman–Crippen MR) is 66.8 cm³/mol. The standard InChI is InChI=1S/C14H18FNO2/c1-10-3-4-12(15)11(7-10)8-16-6-5-14(2,9-16)13(17)18/h3-4,7H,5-6,8-9H2,1-2H3,(H,17,18). The first-order valence-electron chi connectivity index (χ1n) is 6.11. The second kappa shape index (κ2) is 4.69. The third-order valence-corrected chi connectivity index (χ3v) is 3.66. The molecule has 4 heteroatoms. The second-order valence-corrected chi connectivity index (χ2v) is 5.42. The Bertz CT molecular complexity index is 475. The number of nitrogens with zero attached hydrogens (tertiary/aromatic N) is 1. The number of aliphatic carboxylic acids is 1. The third-order valence-electron chi connectivity index (χ3n) is 3.66. The van der Waals surface area contributed by atoms with Crippen LogP contribution in [0.25, 0.3) is 0 Å². The van der Waals surface area contributed by atoms with Gasteiger partial charge in [0, 0.05) is 18.7 Å². The topological polar surface area (TPSA) is 40.5 Å². The number of carboxylic acid groups (broad SMARTS) is 1. The number of benzene rings is 1. The number of aryl methyl sites for hydroxylation is 1. The maximum absolute atomic E-state index is 13.6. The van der Waals surface area contributed by atoms with E-state index in [1.165, 1.54) is 6.07 Å². The average molecular weight is 251 g/mol. The molecule has 2 rings (SSSR count). The minimum atomic E-state index is -0.769. The molecule has 1 aromatic rings. The number of carboxylic acids is 1. The molecule has 98 valence electrons. The van der Waals surface area contributed by atoms with E-state index >= 15 is 0 Å². The Morgan fingerprint density at radius 1 is 1.56 bits per heavy atom. The molecule has 0 amide bonds. The molecule has 1 aliphatic heterocycles. The van der Waals surface area contributed by atoms with Crippen molar-refractivity contribution in [1.82, 2.24) is 4.90 Å². The quantitative estimate of drug-likeness (QED) is 0.897. The highest BCUT2D eigenvalue weighted by molar-refractivity contribution is 5.74. The summed E-state index contributed by atoms with van der Waals surface area (Å²) in [6.07, 6.45) is 0.621. The van der Waals surface area contributed by atoms with Crippen LogP contribution >= 0.6 is 0 Å². The van der Waals surface area contributed by atoms with Gasteiger partial charge < -0.3 is 5.11 Å². The molecule has 3 nitrogen and oxygen atoms in total. The van der Waals surface area contributed by atoms with Gasteiger partial charge in [0.1, 0.15) is 5.82 Å². The summed E-state index contributed by atoms with van der Waals surface area (Å²) in [5.74, 6) is -0.987. The Balaban J connectivity index is 2.08. The van der Waals surface area contributed by atoms with Crippen LogP contribution in [-0.4, -0.2) is 29.1 Å². The van der Waals surface area contributed by atoms with Crippen molar-refractivity contribution in [3.63, 3.8) is 0 Å². The van der Waals surface area contributed by atoms with Crippen molar-refractivity contribution in [2.45, 2.75) is 26.8 Å². The monoisotopic (exact) mass is 251 g/mol. The van der Waals surface area contributed by atoms with Gasteiger partial charge in [-0.3, -0.25) is 9.69 Å². The fraction of sp³-hybridized carbons (Fsp3) is 0.500. The molecule has 1 N–H and O–H groups in total. The summed E-state index contributed by atoms with van der Waals surface area (Å²) in [5, 5.41) is 9.15. The van der Waals surface area contributed by atoms with Gasteiger partial charge in [-0.05, 0) is 32.9 Å². The van der Waals surface area contributed by atoms with Crippen LogP contribution in [0.2, 0.25) is 0 Å². The van der Waals surface area contributed by atoms with Gasteiger partial charge in [-0.1, -0.05) is 17.7 Å². The Labute approximate surface area is 106 Å². The molecule has 1 saturated heterocycles. The zero-order valence-corrected chi connectivity index (χ0v) is 10.7. The summed E-state index contributed by atoms with van der Waals surface area (Å²) in [6.45, 7) is 5.35. The first-order chi connectivity index (χ1) is 8.40. The zero-order chi connectivity index (χ0) is 13.3. The highest BCUT2D eigenvalue weighted by Gasteiger charge is 2.40. The van der Waals surface area contributed by atoms with E-state index in [1.807, 2.05) is 17.9 Å². The average Bonchev–Trinajstić information content (AvgIpc) is 2.67. The number of rotatable bonds is 3. The lowest BCUT2D eigenvalue weighted by atomic mass is 9.90. The van der Waals surface area contributed by atoms with E-state index in [-0.39, 0.29) is 5.82 Å². The molecule has 1 aromatic carbocycles. The summed E-state index contributed by atoms with van der Waals surface area (Å²) in [6, 6.07) is 5.03. The number of halogens is 1. The molecule has 1 fully saturated rings. The first-order valence-corrected chi connectivity index (χ1v) is 6.11. The van der Waals surface area contributed by atoms with Crippen molar-refractivity contribution in [3.05, 3.63) is 35.1 Å². The van der Waals surface area contributed by atoms with Crippen molar-refractivity contribution >= 4 is 5.97 Å². The van der Waals surface area contributed by atoms with Gasteiger partial charge in [0.05, 0.1) is 5.41 Å². The molecule has 1 aliphatic rings. The van der Waals surface area contributed by atoms with Gasteiger partial charge in [0.15, 0.2) is 0 Å². The lowest BCUT2D eigenvalue weighted by molar-refractivity contribution is -0.147. The number of hydrogen-bond acceptors (Lipinski definition) is 2. The summed E-state index contributed by atoms with van der Waals surface area (Å²) < 4.78 is 13.6. The maximum atomic E-state index is 13.6. The number of carbonyl (C=O) groups is 1. The van der Waals surface area contributed by atoms with Crippen LogP contribution in [0, 0.1) is 18.2 Å². The van der Waals surface area contributed by atoms with Crippen LogP contribution in [0.4, 0.5) is 4.39 Å². The second-order valence-electron chi connectivity index (χ2n) is 5.42. The molecule has 0 bridgehead atoms. The van der Waals surface area contributed by atoms with Crippen LogP contribution in [-0.2, 0) is 11.3 Å². The van der Waals surface area contributed by atoms with E-state index in [0.29, 0.717) is 31.6 Å². The van der Waals surface area contributed by atoms with Crippen LogP contribution in [0.3, 0.4) is 0 Å². The minimum absolute atomic E-state index is 0.218. The van der Waals surface area contributed by atoms with Crippen molar-refractivity contribution < 1.29 is 14.3 Å². The van der Waals surface area contributed by atoms with Crippen molar-refractivity contribution in [2.24, 2.45) is 5.41 Å². The number of likely N-dealkylation sites (tertiary alicyclic amines) is 1. The molecule has 0 aliphatic carbocycles. The fourth-order valence-electron chi connectivity index (χ4n) is 2.43. The Morgan fingerprint density at radius 3 is 2.89 bits per heavy atom. The SMILES string of the molecule is Cc1ccc(F)c(CN2CCC(C)(C(=O)O)C2)c1. The largest absolute Gasteiger partial charge is 0.481 e. The smallest absolute Gasteiger partial charge is 0.310 e. The van der Waals surface area contributed by atoms with Crippen LogP contribution in [0.5, 0.6) is 0 Å². The van der Waals surface area contributed by atoms with E-state index in [4.69, 9.17) is 5.11 Å².